The lowest BCUT2D eigenvalue weighted by molar-refractivity contribution is -0.111. The normalized spacial score (nSPS) is 11.1. The van der Waals surface area contributed by atoms with Gasteiger partial charge in [-0.1, -0.05) is 29.3 Å². The van der Waals surface area contributed by atoms with Crippen molar-refractivity contribution in [1.82, 2.24) is 15.3 Å². The Morgan fingerprint density at radius 3 is 2.75 bits per heavy atom. The topological polar surface area (TPSA) is 78.9 Å². The summed E-state index contributed by atoms with van der Waals surface area (Å²) in [5.74, 6) is -0.471. The van der Waals surface area contributed by atoms with E-state index in [-0.39, 0.29) is 21.6 Å². The van der Waals surface area contributed by atoms with Gasteiger partial charge in [-0.3, -0.25) is 4.79 Å². The highest BCUT2D eigenvalue weighted by molar-refractivity contribution is 6.42. The maximum atomic E-state index is 14.2. The molecule has 6 nitrogen and oxygen atoms in total. The highest BCUT2D eigenvalue weighted by Gasteiger charge is 2.11. The second-order valence-corrected chi connectivity index (χ2v) is 6.59. The van der Waals surface area contributed by atoms with Crippen molar-refractivity contribution < 1.29 is 9.18 Å². The van der Waals surface area contributed by atoms with Gasteiger partial charge in [0.1, 0.15) is 18.0 Å². The van der Waals surface area contributed by atoms with Gasteiger partial charge < -0.3 is 16.0 Å². The summed E-state index contributed by atoms with van der Waals surface area (Å²) in [6, 6.07) is 7.67. The molecule has 0 atom stereocenters. The van der Waals surface area contributed by atoms with E-state index in [4.69, 9.17) is 23.2 Å². The van der Waals surface area contributed by atoms with Gasteiger partial charge in [-0.05, 0) is 37.4 Å². The molecule has 1 heterocycles. The van der Waals surface area contributed by atoms with E-state index in [1.165, 1.54) is 18.5 Å². The molecule has 28 heavy (non-hydrogen) atoms. The Balaban J connectivity index is 1.91. The number of nitrogens with one attached hydrogen (secondary N) is 3. The van der Waals surface area contributed by atoms with Crippen LogP contribution in [0.1, 0.15) is 0 Å². The molecule has 2 aromatic carbocycles. The molecule has 0 unspecified atom stereocenters. The maximum Gasteiger partial charge on any atom is 0.248 e. The van der Waals surface area contributed by atoms with Crippen molar-refractivity contribution in [1.29, 1.82) is 0 Å². The van der Waals surface area contributed by atoms with Crippen LogP contribution in [0.2, 0.25) is 10.0 Å². The summed E-state index contributed by atoms with van der Waals surface area (Å²) in [5.41, 5.74) is 1.31. The van der Waals surface area contributed by atoms with Gasteiger partial charge in [0.05, 0.1) is 21.2 Å². The molecule has 0 spiro atoms. The quantitative estimate of drug-likeness (QED) is 0.403. The zero-order valence-corrected chi connectivity index (χ0v) is 16.3. The number of rotatable bonds is 6. The fourth-order valence-electron chi connectivity index (χ4n) is 2.45. The van der Waals surface area contributed by atoms with Crippen molar-refractivity contribution in [3.05, 3.63) is 64.7 Å². The van der Waals surface area contributed by atoms with Crippen LogP contribution in [0.5, 0.6) is 0 Å². The molecule has 0 saturated carbocycles. The van der Waals surface area contributed by atoms with E-state index in [0.29, 0.717) is 29.0 Å². The summed E-state index contributed by atoms with van der Waals surface area (Å²) < 4.78 is 14.2. The third kappa shape index (κ3) is 4.75. The van der Waals surface area contributed by atoms with Crippen molar-refractivity contribution in [2.24, 2.45) is 0 Å². The lowest BCUT2D eigenvalue weighted by Gasteiger charge is -2.11. The molecular weight excluding hydrogens is 404 g/mol. The van der Waals surface area contributed by atoms with Gasteiger partial charge in [-0.2, -0.15) is 0 Å². The zero-order chi connectivity index (χ0) is 20.1. The molecule has 3 aromatic rings. The summed E-state index contributed by atoms with van der Waals surface area (Å²) >= 11 is 11.8. The van der Waals surface area contributed by atoms with Crippen LogP contribution in [0.3, 0.4) is 0 Å². The highest BCUT2D eigenvalue weighted by atomic mass is 35.5. The number of hydrogen-bond donors (Lipinski definition) is 3. The summed E-state index contributed by atoms with van der Waals surface area (Å²) in [6.45, 7) is 0.586. The number of carbonyl (C=O) groups is 1. The largest absolute Gasteiger partial charge is 0.337 e. The Morgan fingerprint density at radius 2 is 1.96 bits per heavy atom. The number of benzene rings is 2. The molecule has 3 N–H and O–H groups in total. The maximum absolute atomic E-state index is 14.2. The molecule has 0 radical (unpaired) electrons. The van der Waals surface area contributed by atoms with E-state index >= 15 is 0 Å². The van der Waals surface area contributed by atoms with Crippen LogP contribution in [0.4, 0.5) is 21.6 Å². The molecule has 0 bridgehead atoms. The SMILES string of the molecule is CNC/C=C/C(=O)Nc1ccc2ncnc(Nc3cc(Cl)c(Cl)cc3F)c2c1. The molecule has 1 aromatic heterocycles. The lowest BCUT2D eigenvalue weighted by atomic mass is 10.2. The fourth-order valence-corrected chi connectivity index (χ4v) is 2.76. The molecule has 0 saturated heterocycles. The minimum absolute atomic E-state index is 0.119. The fraction of sp³-hybridized carbons (Fsp3) is 0.105. The zero-order valence-electron chi connectivity index (χ0n) is 14.8. The van der Waals surface area contributed by atoms with Crippen molar-refractivity contribution in [2.45, 2.75) is 0 Å². The summed E-state index contributed by atoms with van der Waals surface area (Å²) in [4.78, 5) is 20.3. The monoisotopic (exact) mass is 419 g/mol. The van der Waals surface area contributed by atoms with Gasteiger partial charge in [0, 0.05) is 23.7 Å². The molecule has 1 amide bonds. The summed E-state index contributed by atoms with van der Waals surface area (Å²) in [5, 5.41) is 9.51. The number of nitrogens with zero attached hydrogens (tertiary/aromatic N) is 2. The number of hydrogen-bond acceptors (Lipinski definition) is 5. The van der Waals surface area contributed by atoms with Crippen LogP contribution in [0.25, 0.3) is 10.9 Å². The third-order valence-electron chi connectivity index (χ3n) is 3.76. The van der Waals surface area contributed by atoms with Gasteiger partial charge >= 0.3 is 0 Å². The lowest BCUT2D eigenvalue weighted by Crippen LogP contribution is -2.10. The number of anilines is 3. The van der Waals surface area contributed by atoms with Crippen LogP contribution in [-0.4, -0.2) is 29.5 Å². The molecule has 9 heteroatoms. The Hall–Kier alpha value is -2.74. The van der Waals surface area contributed by atoms with E-state index < -0.39 is 5.82 Å². The van der Waals surface area contributed by atoms with Gasteiger partial charge in [-0.25, -0.2) is 14.4 Å². The van der Waals surface area contributed by atoms with Crippen molar-refractivity contribution in [3.63, 3.8) is 0 Å². The number of carbonyl (C=O) groups excluding carboxylic acids is 1. The number of fused-ring (bicyclic) bond motifs is 1. The predicted molar refractivity (Wildman–Crippen MR) is 111 cm³/mol. The second kappa shape index (κ2) is 8.97. The molecule has 0 fully saturated rings. The first-order valence-electron chi connectivity index (χ1n) is 8.26. The third-order valence-corrected chi connectivity index (χ3v) is 4.48. The number of likely N-dealkylation sites (N-methyl/N-ethyl adjacent to an activating group) is 1. The standard InChI is InChI=1S/C19H16Cl2FN5O/c1-23-6-2-3-18(28)26-11-4-5-16-12(7-11)19(25-10-24-16)27-17-9-14(21)13(20)8-15(17)22/h2-5,7-10,23H,6H2,1H3,(H,26,28)(H,24,25,27)/b3-2+. The Kier molecular flexibility index (Phi) is 6.41. The smallest absolute Gasteiger partial charge is 0.248 e. The highest BCUT2D eigenvalue weighted by Crippen LogP contribution is 2.31. The predicted octanol–water partition coefficient (Wildman–Crippen LogP) is 4.53. The van der Waals surface area contributed by atoms with Gasteiger partial charge in [0.2, 0.25) is 5.91 Å². The van der Waals surface area contributed by atoms with E-state index in [1.54, 1.807) is 31.3 Å². The molecular formula is C19H16Cl2FN5O. The van der Waals surface area contributed by atoms with Crippen molar-refractivity contribution in [3.8, 4) is 0 Å². The molecule has 144 valence electrons. The molecule has 3 rings (SSSR count). The van der Waals surface area contributed by atoms with E-state index in [1.807, 2.05) is 0 Å². The Morgan fingerprint density at radius 1 is 1.18 bits per heavy atom. The van der Waals surface area contributed by atoms with Crippen molar-refractivity contribution >= 4 is 57.2 Å². The van der Waals surface area contributed by atoms with Crippen LogP contribution in [0, 0.1) is 5.82 Å². The molecule has 0 aliphatic carbocycles. The molecule has 0 aliphatic rings. The first kappa shape index (κ1) is 20.0. The summed E-state index contributed by atoms with van der Waals surface area (Å²) in [7, 11) is 1.79. The number of aromatic nitrogens is 2. The minimum atomic E-state index is -0.569. The average molecular weight is 420 g/mol. The Labute approximate surface area is 170 Å². The number of halogens is 3. The first-order valence-corrected chi connectivity index (χ1v) is 9.02. The average Bonchev–Trinajstić information content (AvgIpc) is 2.66. The van der Waals surface area contributed by atoms with E-state index in [0.717, 1.165) is 6.07 Å². The Bertz CT molecular complexity index is 1060. The van der Waals surface area contributed by atoms with Crippen molar-refractivity contribution in [2.75, 3.05) is 24.2 Å². The second-order valence-electron chi connectivity index (χ2n) is 5.77. The van der Waals surface area contributed by atoms with E-state index in [2.05, 4.69) is 25.9 Å². The van der Waals surface area contributed by atoms with Crippen LogP contribution in [0.15, 0.2) is 48.8 Å². The van der Waals surface area contributed by atoms with Crippen LogP contribution >= 0.6 is 23.2 Å². The summed E-state index contributed by atoms with van der Waals surface area (Å²) in [6.07, 6.45) is 4.50. The van der Waals surface area contributed by atoms with E-state index in [9.17, 15) is 9.18 Å². The van der Waals surface area contributed by atoms with Crippen LogP contribution < -0.4 is 16.0 Å². The first-order chi connectivity index (χ1) is 13.5. The molecule has 0 aliphatic heterocycles. The number of amides is 1. The van der Waals surface area contributed by atoms with Gasteiger partial charge in [0.25, 0.3) is 0 Å². The van der Waals surface area contributed by atoms with Gasteiger partial charge in [0.15, 0.2) is 0 Å². The van der Waals surface area contributed by atoms with Crippen LogP contribution in [-0.2, 0) is 4.79 Å². The minimum Gasteiger partial charge on any atom is -0.337 e. The van der Waals surface area contributed by atoms with Gasteiger partial charge in [-0.15, -0.1) is 0 Å².